The number of hydrogen-bond donors (Lipinski definition) is 1. The molecule has 1 rings (SSSR count). The van der Waals surface area contributed by atoms with E-state index in [0.29, 0.717) is 18.8 Å². The van der Waals surface area contributed by atoms with Crippen molar-refractivity contribution in [3.8, 4) is 0 Å². The van der Waals surface area contributed by atoms with Gasteiger partial charge >= 0.3 is 0 Å². The van der Waals surface area contributed by atoms with Gasteiger partial charge in [-0.3, -0.25) is 0 Å². The van der Waals surface area contributed by atoms with Crippen LogP contribution in [0.3, 0.4) is 0 Å². The molecule has 4 nitrogen and oxygen atoms in total. The first-order valence-corrected chi connectivity index (χ1v) is 7.15. The Morgan fingerprint density at radius 1 is 1.53 bits per heavy atom. The summed E-state index contributed by atoms with van der Waals surface area (Å²) in [6.07, 6.45) is 1.73. The highest BCUT2D eigenvalue weighted by Crippen LogP contribution is 2.19. The lowest BCUT2D eigenvalue weighted by atomic mass is 10.1. The van der Waals surface area contributed by atoms with Gasteiger partial charge in [0.2, 0.25) is 10.0 Å². The second kappa shape index (κ2) is 5.27. The molecule has 0 spiro atoms. The summed E-state index contributed by atoms with van der Waals surface area (Å²) in [4.78, 5) is 0. The molecular formula is C10H21NO3S. The van der Waals surface area contributed by atoms with E-state index in [1.807, 2.05) is 13.8 Å². The van der Waals surface area contributed by atoms with Gasteiger partial charge in [0.15, 0.2) is 0 Å². The lowest BCUT2D eigenvalue weighted by Crippen LogP contribution is -2.27. The van der Waals surface area contributed by atoms with E-state index in [1.54, 1.807) is 4.31 Å². The lowest BCUT2D eigenvalue weighted by molar-refractivity contribution is 0.225. The minimum atomic E-state index is -2.97. The standard InChI is InChI=1S/C10H21NO3S/c1-9(7-12)4-3-5-11-6-10(2)8-15(11,13)14/h9-10,12H,3-8H2,1-2H3. The highest BCUT2D eigenvalue weighted by Gasteiger charge is 2.32. The zero-order valence-corrected chi connectivity index (χ0v) is 10.3. The van der Waals surface area contributed by atoms with Gasteiger partial charge in [-0.25, -0.2) is 12.7 Å². The van der Waals surface area contributed by atoms with Crippen molar-refractivity contribution in [3.63, 3.8) is 0 Å². The first kappa shape index (κ1) is 12.9. The highest BCUT2D eigenvalue weighted by molar-refractivity contribution is 7.89. The molecule has 0 saturated carbocycles. The zero-order valence-electron chi connectivity index (χ0n) is 9.52. The molecule has 1 fully saturated rings. The topological polar surface area (TPSA) is 57.6 Å². The summed E-state index contributed by atoms with van der Waals surface area (Å²) in [5, 5.41) is 8.84. The second-order valence-electron chi connectivity index (χ2n) is 4.67. The van der Waals surface area contributed by atoms with Crippen molar-refractivity contribution >= 4 is 10.0 Å². The molecule has 0 radical (unpaired) electrons. The van der Waals surface area contributed by atoms with E-state index in [2.05, 4.69) is 0 Å². The molecule has 1 aliphatic heterocycles. The Bertz CT molecular complexity index is 289. The number of aliphatic hydroxyl groups is 1. The van der Waals surface area contributed by atoms with E-state index >= 15 is 0 Å². The molecule has 0 bridgehead atoms. The maximum atomic E-state index is 11.6. The van der Waals surface area contributed by atoms with Crippen LogP contribution in [0, 0.1) is 11.8 Å². The fourth-order valence-electron chi connectivity index (χ4n) is 1.92. The molecule has 15 heavy (non-hydrogen) atoms. The lowest BCUT2D eigenvalue weighted by Gasteiger charge is -2.15. The van der Waals surface area contributed by atoms with Crippen LogP contribution in [0.15, 0.2) is 0 Å². The van der Waals surface area contributed by atoms with Gasteiger partial charge in [-0.05, 0) is 24.7 Å². The van der Waals surface area contributed by atoms with Crippen LogP contribution in [0.2, 0.25) is 0 Å². The number of nitrogens with zero attached hydrogens (tertiary/aromatic N) is 1. The molecule has 1 N–H and O–H groups in total. The van der Waals surface area contributed by atoms with Gasteiger partial charge in [-0.1, -0.05) is 13.8 Å². The van der Waals surface area contributed by atoms with Crippen LogP contribution < -0.4 is 0 Å². The van der Waals surface area contributed by atoms with Gasteiger partial charge in [0.25, 0.3) is 0 Å². The average Bonchev–Trinajstić information content (AvgIpc) is 2.39. The molecule has 5 heteroatoms. The van der Waals surface area contributed by atoms with Crippen LogP contribution >= 0.6 is 0 Å². The highest BCUT2D eigenvalue weighted by atomic mass is 32.2. The maximum Gasteiger partial charge on any atom is 0.214 e. The summed E-state index contributed by atoms with van der Waals surface area (Å²) in [5.74, 6) is 0.820. The minimum Gasteiger partial charge on any atom is -0.396 e. The Hall–Kier alpha value is -0.130. The van der Waals surface area contributed by atoms with Crippen LogP contribution in [0.4, 0.5) is 0 Å². The normalized spacial score (nSPS) is 28.1. The summed E-state index contributed by atoms with van der Waals surface area (Å²) in [7, 11) is -2.97. The molecule has 0 aromatic heterocycles. The van der Waals surface area contributed by atoms with E-state index < -0.39 is 10.0 Å². The summed E-state index contributed by atoms with van der Waals surface area (Å²) in [6, 6.07) is 0. The van der Waals surface area contributed by atoms with E-state index in [1.165, 1.54) is 0 Å². The van der Waals surface area contributed by atoms with Crippen molar-refractivity contribution in [2.24, 2.45) is 11.8 Å². The third kappa shape index (κ3) is 3.74. The Kier molecular flexibility index (Phi) is 4.55. The molecule has 0 aliphatic carbocycles. The van der Waals surface area contributed by atoms with Crippen molar-refractivity contribution in [1.29, 1.82) is 0 Å². The molecule has 90 valence electrons. The van der Waals surface area contributed by atoms with Gasteiger partial charge in [-0.15, -0.1) is 0 Å². The fourth-order valence-corrected chi connectivity index (χ4v) is 3.84. The first-order chi connectivity index (χ1) is 6.95. The second-order valence-corrected chi connectivity index (χ2v) is 6.69. The van der Waals surface area contributed by atoms with Crippen molar-refractivity contribution in [1.82, 2.24) is 4.31 Å². The van der Waals surface area contributed by atoms with Gasteiger partial charge in [0.05, 0.1) is 5.75 Å². The molecule has 1 heterocycles. The molecular weight excluding hydrogens is 214 g/mol. The predicted octanol–water partition coefficient (Wildman–Crippen LogP) is 0.676. The van der Waals surface area contributed by atoms with Crippen molar-refractivity contribution in [2.75, 3.05) is 25.4 Å². The smallest absolute Gasteiger partial charge is 0.214 e. The third-order valence-electron chi connectivity index (χ3n) is 2.82. The Morgan fingerprint density at radius 2 is 2.20 bits per heavy atom. The number of aliphatic hydroxyl groups excluding tert-OH is 1. The molecule has 2 unspecified atom stereocenters. The number of sulfonamides is 1. The summed E-state index contributed by atoms with van der Waals surface area (Å²) in [5.41, 5.74) is 0. The van der Waals surface area contributed by atoms with Gasteiger partial charge < -0.3 is 5.11 Å². The Morgan fingerprint density at radius 3 is 2.67 bits per heavy atom. The quantitative estimate of drug-likeness (QED) is 0.762. The SMILES string of the molecule is CC(CO)CCCN1CC(C)CS1(=O)=O. The molecule has 0 amide bonds. The fraction of sp³-hybridized carbons (Fsp3) is 1.00. The molecule has 1 saturated heterocycles. The van der Waals surface area contributed by atoms with Crippen LogP contribution in [0.1, 0.15) is 26.7 Å². The average molecular weight is 235 g/mol. The van der Waals surface area contributed by atoms with Crippen LogP contribution in [-0.4, -0.2) is 43.3 Å². The predicted molar refractivity (Wildman–Crippen MR) is 60.0 cm³/mol. The van der Waals surface area contributed by atoms with Crippen molar-refractivity contribution in [2.45, 2.75) is 26.7 Å². The summed E-state index contributed by atoms with van der Waals surface area (Å²) >= 11 is 0. The molecule has 0 aromatic rings. The summed E-state index contributed by atoms with van der Waals surface area (Å²) < 4.78 is 24.8. The molecule has 0 aromatic carbocycles. The first-order valence-electron chi connectivity index (χ1n) is 5.54. The third-order valence-corrected chi connectivity index (χ3v) is 4.93. The Labute approximate surface area is 92.3 Å². The molecule has 1 aliphatic rings. The van der Waals surface area contributed by atoms with Gasteiger partial charge in [0, 0.05) is 19.7 Å². The Balaban J connectivity index is 2.33. The maximum absolute atomic E-state index is 11.6. The van der Waals surface area contributed by atoms with Crippen LogP contribution in [0.5, 0.6) is 0 Å². The minimum absolute atomic E-state index is 0.184. The number of hydrogen-bond acceptors (Lipinski definition) is 3. The molecule has 2 atom stereocenters. The van der Waals surface area contributed by atoms with E-state index in [-0.39, 0.29) is 18.4 Å². The zero-order chi connectivity index (χ0) is 11.5. The van der Waals surface area contributed by atoms with E-state index in [4.69, 9.17) is 5.11 Å². The van der Waals surface area contributed by atoms with E-state index in [9.17, 15) is 8.42 Å². The number of rotatable bonds is 5. The van der Waals surface area contributed by atoms with Crippen molar-refractivity contribution < 1.29 is 13.5 Å². The van der Waals surface area contributed by atoms with Crippen LogP contribution in [-0.2, 0) is 10.0 Å². The van der Waals surface area contributed by atoms with E-state index in [0.717, 1.165) is 12.8 Å². The monoisotopic (exact) mass is 235 g/mol. The summed E-state index contributed by atoms with van der Waals surface area (Å²) in [6.45, 7) is 5.39. The van der Waals surface area contributed by atoms with Gasteiger partial charge in [-0.2, -0.15) is 0 Å². The largest absolute Gasteiger partial charge is 0.396 e. The van der Waals surface area contributed by atoms with Crippen LogP contribution in [0.25, 0.3) is 0 Å². The van der Waals surface area contributed by atoms with Crippen molar-refractivity contribution in [3.05, 3.63) is 0 Å². The van der Waals surface area contributed by atoms with Gasteiger partial charge in [0.1, 0.15) is 0 Å².